The first-order valence-corrected chi connectivity index (χ1v) is 10.2. The van der Waals surface area contributed by atoms with Crippen LogP contribution in [0.3, 0.4) is 0 Å². The number of hydrogen-bond donors (Lipinski definition) is 2. The summed E-state index contributed by atoms with van der Waals surface area (Å²) in [4.78, 5) is 38.0. The Hall–Kier alpha value is -2.42. The Morgan fingerprint density at radius 3 is 2.45 bits per heavy atom. The van der Waals surface area contributed by atoms with Crippen molar-refractivity contribution in [1.82, 2.24) is 20.0 Å². The molecule has 1 atom stereocenters. The second-order valence-corrected chi connectivity index (χ2v) is 8.23. The standard InChI is InChI=1S/C19H28N4O3.CH2O2/c1-13-16(14(2)21-20-13)17(24)23-9-5-19(6-10-23)11-15(26-18(19)25)12-22-7-3-4-8-22;2-1-3/h15H,3-12H2,1-2H3,(H,20,21);1H,(H,2,3). The monoisotopic (exact) mass is 406 g/mol. The molecular formula is C20H30N4O5. The summed E-state index contributed by atoms with van der Waals surface area (Å²) in [6, 6.07) is 0. The smallest absolute Gasteiger partial charge is 0.312 e. The Morgan fingerprint density at radius 1 is 1.28 bits per heavy atom. The largest absolute Gasteiger partial charge is 0.483 e. The molecule has 1 unspecified atom stereocenters. The van der Waals surface area contributed by atoms with Crippen molar-refractivity contribution in [2.75, 3.05) is 32.7 Å². The molecule has 2 N–H and O–H groups in total. The SMILES string of the molecule is Cc1n[nH]c(C)c1C(=O)N1CCC2(CC1)CC(CN1CCCC1)OC2=O.O=CO. The van der Waals surface area contributed by atoms with Gasteiger partial charge in [-0.2, -0.15) is 5.10 Å². The Labute approximate surface area is 170 Å². The normalized spacial score (nSPS) is 23.6. The Balaban J connectivity index is 0.000000755. The zero-order chi connectivity index (χ0) is 21.0. The lowest BCUT2D eigenvalue weighted by Gasteiger charge is -2.36. The Bertz CT molecular complexity index is 729. The number of nitrogens with zero attached hydrogens (tertiary/aromatic N) is 3. The molecule has 1 aromatic rings. The number of amides is 1. The highest BCUT2D eigenvalue weighted by atomic mass is 16.6. The van der Waals surface area contributed by atoms with E-state index in [4.69, 9.17) is 14.6 Å². The fourth-order valence-corrected chi connectivity index (χ4v) is 4.76. The van der Waals surface area contributed by atoms with Gasteiger partial charge in [0, 0.05) is 31.7 Å². The van der Waals surface area contributed by atoms with Crippen LogP contribution in [0.15, 0.2) is 0 Å². The fraction of sp³-hybridized carbons (Fsp3) is 0.700. The van der Waals surface area contributed by atoms with E-state index in [0.717, 1.165) is 37.4 Å². The number of ether oxygens (including phenoxy) is 1. The number of cyclic esters (lactones) is 1. The molecular weight excluding hydrogens is 376 g/mol. The van der Waals surface area contributed by atoms with E-state index in [0.29, 0.717) is 31.5 Å². The number of aryl methyl sites for hydroxylation is 2. The molecule has 3 aliphatic rings. The van der Waals surface area contributed by atoms with E-state index in [1.54, 1.807) is 0 Å². The number of nitrogens with one attached hydrogen (secondary N) is 1. The molecule has 0 bridgehead atoms. The summed E-state index contributed by atoms with van der Waals surface area (Å²) in [5.41, 5.74) is 1.82. The molecule has 0 saturated carbocycles. The predicted molar refractivity (Wildman–Crippen MR) is 104 cm³/mol. The maximum Gasteiger partial charge on any atom is 0.312 e. The summed E-state index contributed by atoms with van der Waals surface area (Å²) in [7, 11) is 0. The Kier molecular flexibility index (Phi) is 6.56. The third-order valence-corrected chi connectivity index (χ3v) is 6.34. The molecule has 1 aromatic heterocycles. The van der Waals surface area contributed by atoms with Crippen molar-refractivity contribution in [2.45, 2.75) is 52.1 Å². The number of esters is 1. The Morgan fingerprint density at radius 2 is 1.90 bits per heavy atom. The van der Waals surface area contributed by atoms with Crippen molar-refractivity contribution in [1.29, 1.82) is 0 Å². The number of piperidine rings is 1. The van der Waals surface area contributed by atoms with Crippen molar-refractivity contribution >= 4 is 18.3 Å². The molecule has 3 saturated heterocycles. The predicted octanol–water partition coefficient (Wildman–Crippen LogP) is 1.36. The summed E-state index contributed by atoms with van der Waals surface area (Å²) < 4.78 is 5.72. The van der Waals surface area contributed by atoms with Crippen LogP contribution in [0.25, 0.3) is 0 Å². The third-order valence-electron chi connectivity index (χ3n) is 6.34. The number of aromatic amines is 1. The van der Waals surface area contributed by atoms with Crippen LogP contribution in [0.5, 0.6) is 0 Å². The highest BCUT2D eigenvalue weighted by Crippen LogP contribution is 2.43. The van der Waals surface area contributed by atoms with Crippen LogP contribution in [-0.2, 0) is 14.3 Å². The lowest BCUT2D eigenvalue weighted by molar-refractivity contribution is -0.151. The molecule has 160 valence electrons. The topological polar surface area (TPSA) is 116 Å². The fourth-order valence-electron chi connectivity index (χ4n) is 4.76. The first-order valence-electron chi connectivity index (χ1n) is 10.2. The van der Waals surface area contributed by atoms with E-state index in [9.17, 15) is 9.59 Å². The van der Waals surface area contributed by atoms with Gasteiger partial charge in [0.2, 0.25) is 0 Å². The maximum atomic E-state index is 12.8. The van der Waals surface area contributed by atoms with Crippen molar-refractivity contribution in [3.63, 3.8) is 0 Å². The number of carbonyl (C=O) groups is 3. The zero-order valence-corrected chi connectivity index (χ0v) is 17.1. The van der Waals surface area contributed by atoms with Gasteiger partial charge in [-0.3, -0.25) is 24.4 Å². The molecule has 4 heterocycles. The lowest BCUT2D eigenvalue weighted by atomic mass is 9.76. The van der Waals surface area contributed by atoms with Crippen molar-refractivity contribution in [3.8, 4) is 0 Å². The van der Waals surface area contributed by atoms with Gasteiger partial charge >= 0.3 is 5.97 Å². The van der Waals surface area contributed by atoms with Gasteiger partial charge in [0.15, 0.2) is 0 Å². The molecule has 0 aromatic carbocycles. The van der Waals surface area contributed by atoms with Gasteiger partial charge in [-0.1, -0.05) is 0 Å². The van der Waals surface area contributed by atoms with Gasteiger partial charge in [-0.05, 0) is 52.6 Å². The minimum absolute atomic E-state index is 0.0150. The first-order chi connectivity index (χ1) is 13.9. The van der Waals surface area contributed by atoms with Crippen molar-refractivity contribution in [3.05, 3.63) is 17.0 Å². The van der Waals surface area contributed by atoms with Gasteiger partial charge in [0.1, 0.15) is 6.10 Å². The molecule has 4 rings (SSSR count). The average Bonchev–Trinajstić information content (AvgIpc) is 3.38. The molecule has 1 amide bonds. The average molecular weight is 406 g/mol. The van der Waals surface area contributed by atoms with Crippen LogP contribution in [-0.4, -0.2) is 82.3 Å². The van der Waals surface area contributed by atoms with E-state index in [1.165, 1.54) is 12.8 Å². The minimum Gasteiger partial charge on any atom is -0.483 e. The first kappa shape index (κ1) is 21.3. The summed E-state index contributed by atoms with van der Waals surface area (Å²) >= 11 is 0. The molecule has 9 nitrogen and oxygen atoms in total. The van der Waals surface area contributed by atoms with Crippen molar-refractivity contribution in [2.24, 2.45) is 5.41 Å². The van der Waals surface area contributed by atoms with Crippen LogP contribution >= 0.6 is 0 Å². The van der Waals surface area contributed by atoms with E-state index in [-0.39, 0.29) is 29.9 Å². The third kappa shape index (κ3) is 4.44. The highest BCUT2D eigenvalue weighted by Gasteiger charge is 2.51. The summed E-state index contributed by atoms with van der Waals surface area (Å²) in [5.74, 6) is -0.0342. The van der Waals surface area contributed by atoms with Crippen LogP contribution in [0, 0.1) is 19.3 Å². The van der Waals surface area contributed by atoms with Gasteiger partial charge in [0.25, 0.3) is 12.4 Å². The van der Waals surface area contributed by atoms with Crippen LogP contribution in [0.4, 0.5) is 0 Å². The second kappa shape index (κ2) is 8.94. The quantitative estimate of drug-likeness (QED) is 0.575. The van der Waals surface area contributed by atoms with Gasteiger partial charge < -0.3 is 14.7 Å². The van der Waals surface area contributed by atoms with E-state index in [2.05, 4.69) is 15.1 Å². The zero-order valence-electron chi connectivity index (χ0n) is 17.1. The molecule has 3 aliphatic heterocycles. The molecule has 0 radical (unpaired) electrons. The lowest BCUT2D eigenvalue weighted by Crippen LogP contribution is -2.45. The molecule has 1 spiro atoms. The van der Waals surface area contributed by atoms with E-state index in [1.807, 2.05) is 18.7 Å². The van der Waals surface area contributed by atoms with Crippen LogP contribution in [0.2, 0.25) is 0 Å². The molecule has 3 fully saturated rings. The van der Waals surface area contributed by atoms with Gasteiger partial charge in [-0.25, -0.2) is 0 Å². The second-order valence-electron chi connectivity index (χ2n) is 8.23. The van der Waals surface area contributed by atoms with Gasteiger partial charge in [0.05, 0.1) is 16.7 Å². The highest BCUT2D eigenvalue weighted by molar-refractivity contribution is 5.96. The number of carbonyl (C=O) groups excluding carboxylic acids is 2. The minimum atomic E-state index is -0.387. The molecule has 29 heavy (non-hydrogen) atoms. The number of likely N-dealkylation sites (tertiary alicyclic amines) is 2. The van der Waals surface area contributed by atoms with E-state index < -0.39 is 0 Å². The summed E-state index contributed by atoms with van der Waals surface area (Å²) in [5, 5.41) is 13.9. The number of carboxylic acid groups (broad SMARTS) is 1. The number of aromatic nitrogens is 2. The number of H-pyrrole nitrogens is 1. The maximum absolute atomic E-state index is 12.8. The number of hydrogen-bond acceptors (Lipinski definition) is 6. The van der Waals surface area contributed by atoms with E-state index >= 15 is 0 Å². The molecule has 9 heteroatoms. The molecule has 0 aliphatic carbocycles. The summed E-state index contributed by atoms with van der Waals surface area (Å²) in [6.07, 6.45) is 4.70. The van der Waals surface area contributed by atoms with Crippen LogP contribution in [0.1, 0.15) is 53.8 Å². The van der Waals surface area contributed by atoms with Crippen LogP contribution < -0.4 is 0 Å². The van der Waals surface area contributed by atoms with Crippen molar-refractivity contribution < 1.29 is 24.2 Å². The summed E-state index contributed by atoms with van der Waals surface area (Å²) in [6.45, 7) is 7.78. The van der Waals surface area contributed by atoms with Gasteiger partial charge in [-0.15, -0.1) is 0 Å². The number of rotatable bonds is 3.